The van der Waals surface area contributed by atoms with Gasteiger partial charge in [-0.3, -0.25) is 14.7 Å². The number of hydrogen-bond donors (Lipinski definition) is 3. The molecule has 2 amide bonds. The maximum Gasteiger partial charge on any atom is 0.280 e. The minimum atomic E-state index is -0.491. The summed E-state index contributed by atoms with van der Waals surface area (Å²) < 4.78 is 0. The van der Waals surface area contributed by atoms with Gasteiger partial charge in [-0.25, -0.2) is 4.98 Å². The zero-order valence-corrected chi connectivity index (χ0v) is 14.8. The van der Waals surface area contributed by atoms with E-state index in [-0.39, 0.29) is 17.5 Å². The molecule has 132 valence electrons. The average molecular weight is 383 g/mol. The summed E-state index contributed by atoms with van der Waals surface area (Å²) in [5.41, 5.74) is 1.03. The molecule has 3 N–H and O–H groups in total. The van der Waals surface area contributed by atoms with Crippen molar-refractivity contribution in [2.75, 3.05) is 23.6 Å². The van der Waals surface area contributed by atoms with Crippen molar-refractivity contribution < 1.29 is 14.4 Å². The summed E-state index contributed by atoms with van der Waals surface area (Å²) in [6.07, 6.45) is 3.68. The number of alkyl halides is 1. The standard InChI is InChI=1S/C14H15ClN6O3S/c1-24-21-12(9-6-16-14(25-9)18-11(22)5-15)13(23)17-10-4-8(19-20-10)7-2-3-7/h4,6-7H,2-3,5H2,1H3,(H,16,18,22)(H2,17,19,20,23). The van der Waals surface area contributed by atoms with Gasteiger partial charge in [-0.05, 0) is 12.8 Å². The van der Waals surface area contributed by atoms with Crippen molar-refractivity contribution in [3.8, 4) is 0 Å². The first kappa shape index (κ1) is 17.4. The molecule has 1 aliphatic rings. The van der Waals surface area contributed by atoms with E-state index in [1.165, 1.54) is 13.3 Å². The third-order valence-electron chi connectivity index (χ3n) is 3.36. The smallest absolute Gasteiger partial charge is 0.280 e. The number of anilines is 2. The molecule has 2 aromatic rings. The van der Waals surface area contributed by atoms with Crippen LogP contribution in [0.5, 0.6) is 0 Å². The first-order chi connectivity index (χ1) is 12.1. The number of rotatable bonds is 7. The Balaban J connectivity index is 1.72. The van der Waals surface area contributed by atoms with Gasteiger partial charge in [0.25, 0.3) is 5.91 Å². The Labute approximate surface area is 151 Å². The zero-order chi connectivity index (χ0) is 17.8. The van der Waals surface area contributed by atoms with Crippen LogP contribution in [0.15, 0.2) is 17.4 Å². The number of amides is 2. The Hall–Kier alpha value is -2.46. The second kappa shape index (κ2) is 7.62. The van der Waals surface area contributed by atoms with Crippen molar-refractivity contribution in [3.05, 3.63) is 22.8 Å². The third kappa shape index (κ3) is 4.34. The molecule has 3 rings (SSSR count). The molecular weight excluding hydrogens is 368 g/mol. The van der Waals surface area contributed by atoms with E-state index in [0.717, 1.165) is 29.9 Å². The molecule has 0 bridgehead atoms. The van der Waals surface area contributed by atoms with Crippen LogP contribution in [0, 0.1) is 0 Å². The highest BCUT2D eigenvalue weighted by atomic mass is 35.5. The maximum absolute atomic E-state index is 12.5. The fourth-order valence-corrected chi connectivity index (χ4v) is 2.94. The third-order valence-corrected chi connectivity index (χ3v) is 4.52. The minimum Gasteiger partial charge on any atom is -0.398 e. The lowest BCUT2D eigenvalue weighted by molar-refractivity contribution is -0.114. The number of hydrogen-bond acceptors (Lipinski definition) is 7. The quantitative estimate of drug-likeness (QED) is 0.383. The summed E-state index contributed by atoms with van der Waals surface area (Å²) in [4.78, 5) is 33.0. The molecule has 1 aliphatic carbocycles. The summed E-state index contributed by atoms with van der Waals surface area (Å²) in [7, 11) is 1.34. The number of thiazole rings is 1. The molecule has 2 heterocycles. The zero-order valence-electron chi connectivity index (χ0n) is 13.2. The second-order valence-corrected chi connectivity index (χ2v) is 6.57. The van der Waals surface area contributed by atoms with E-state index in [2.05, 4.69) is 31.0 Å². The summed E-state index contributed by atoms with van der Waals surface area (Å²) in [6.45, 7) is 0. The van der Waals surface area contributed by atoms with Crippen LogP contribution in [0.2, 0.25) is 0 Å². The van der Waals surface area contributed by atoms with Crippen molar-refractivity contribution in [3.63, 3.8) is 0 Å². The Morgan fingerprint density at radius 1 is 1.48 bits per heavy atom. The van der Waals surface area contributed by atoms with Crippen LogP contribution in [0.1, 0.15) is 29.3 Å². The van der Waals surface area contributed by atoms with Crippen molar-refractivity contribution >= 4 is 51.4 Å². The second-order valence-electron chi connectivity index (χ2n) is 5.27. The molecule has 0 spiro atoms. The number of oxime groups is 1. The lowest BCUT2D eigenvalue weighted by Crippen LogP contribution is -2.23. The minimum absolute atomic E-state index is 0.0299. The summed E-state index contributed by atoms with van der Waals surface area (Å²) in [5, 5.41) is 16.2. The molecule has 25 heavy (non-hydrogen) atoms. The van der Waals surface area contributed by atoms with Crippen molar-refractivity contribution in [2.45, 2.75) is 18.8 Å². The van der Waals surface area contributed by atoms with Gasteiger partial charge in [0.05, 0.1) is 4.88 Å². The molecule has 2 aromatic heterocycles. The molecule has 11 heteroatoms. The maximum atomic E-state index is 12.5. The number of nitrogens with one attached hydrogen (secondary N) is 3. The Kier molecular flexibility index (Phi) is 5.29. The number of H-pyrrole nitrogens is 1. The van der Waals surface area contributed by atoms with Crippen molar-refractivity contribution in [1.29, 1.82) is 0 Å². The Bertz CT molecular complexity index is 813. The first-order valence-corrected chi connectivity index (χ1v) is 8.75. The van der Waals surface area contributed by atoms with Gasteiger partial charge in [-0.15, -0.1) is 11.6 Å². The van der Waals surface area contributed by atoms with Crippen molar-refractivity contribution in [1.82, 2.24) is 15.2 Å². The number of aromatic amines is 1. The monoisotopic (exact) mass is 382 g/mol. The van der Waals surface area contributed by atoms with Gasteiger partial charge in [0.15, 0.2) is 16.7 Å². The van der Waals surface area contributed by atoms with Gasteiger partial charge in [0.1, 0.15) is 13.0 Å². The first-order valence-electron chi connectivity index (χ1n) is 7.40. The molecule has 0 aliphatic heterocycles. The SMILES string of the molecule is CON=C(C(=O)Nc1cc(C2CC2)[nH]n1)c1cnc(NC(=O)CCl)s1. The molecule has 1 saturated carbocycles. The fourth-order valence-electron chi connectivity index (χ4n) is 2.06. The van der Waals surface area contributed by atoms with Crippen LogP contribution in [-0.2, 0) is 14.4 Å². The number of carbonyl (C=O) groups excluding carboxylic acids is 2. The largest absolute Gasteiger partial charge is 0.398 e. The van der Waals surface area contributed by atoms with E-state index in [1.807, 2.05) is 0 Å². The van der Waals surface area contributed by atoms with Crippen LogP contribution in [-0.4, -0.2) is 45.7 Å². The predicted octanol–water partition coefficient (Wildman–Crippen LogP) is 1.91. The number of aromatic nitrogens is 3. The number of nitrogens with zero attached hydrogens (tertiary/aromatic N) is 3. The molecule has 1 fully saturated rings. The van der Waals surface area contributed by atoms with Gasteiger partial charge in [0, 0.05) is 23.9 Å². The Morgan fingerprint density at radius 2 is 2.28 bits per heavy atom. The van der Waals surface area contributed by atoms with E-state index in [4.69, 9.17) is 16.4 Å². The molecule has 0 atom stereocenters. The van der Waals surface area contributed by atoms with Crippen LogP contribution < -0.4 is 10.6 Å². The lowest BCUT2D eigenvalue weighted by Gasteiger charge is -2.02. The average Bonchev–Trinajstić information content (AvgIpc) is 3.18. The van der Waals surface area contributed by atoms with Gasteiger partial charge in [0.2, 0.25) is 5.91 Å². The van der Waals surface area contributed by atoms with Gasteiger partial charge in [-0.1, -0.05) is 16.5 Å². The summed E-state index contributed by atoms with van der Waals surface area (Å²) in [5.74, 6) is -0.150. The van der Waals surface area contributed by atoms with E-state index < -0.39 is 5.91 Å². The fraction of sp³-hybridized carbons (Fsp3) is 0.357. The highest BCUT2D eigenvalue weighted by Crippen LogP contribution is 2.39. The summed E-state index contributed by atoms with van der Waals surface area (Å²) >= 11 is 6.52. The number of carbonyl (C=O) groups is 2. The van der Waals surface area contributed by atoms with Gasteiger partial charge < -0.3 is 15.5 Å². The molecular formula is C14H15ClN6O3S. The lowest BCUT2D eigenvalue weighted by atomic mass is 10.3. The highest BCUT2D eigenvalue weighted by molar-refractivity contribution is 7.18. The van der Waals surface area contributed by atoms with Gasteiger partial charge in [-0.2, -0.15) is 5.10 Å². The number of halogens is 1. The molecule has 9 nitrogen and oxygen atoms in total. The van der Waals surface area contributed by atoms with E-state index in [9.17, 15) is 9.59 Å². The molecule has 0 radical (unpaired) electrons. The van der Waals surface area contributed by atoms with Gasteiger partial charge >= 0.3 is 0 Å². The van der Waals surface area contributed by atoms with Crippen LogP contribution in [0.4, 0.5) is 10.9 Å². The highest BCUT2D eigenvalue weighted by Gasteiger charge is 2.26. The van der Waals surface area contributed by atoms with Crippen LogP contribution in [0.25, 0.3) is 0 Å². The van der Waals surface area contributed by atoms with Crippen LogP contribution in [0.3, 0.4) is 0 Å². The van der Waals surface area contributed by atoms with E-state index in [1.54, 1.807) is 6.07 Å². The van der Waals surface area contributed by atoms with Crippen LogP contribution >= 0.6 is 22.9 Å². The van der Waals surface area contributed by atoms with E-state index in [0.29, 0.717) is 21.7 Å². The molecule has 0 saturated heterocycles. The summed E-state index contributed by atoms with van der Waals surface area (Å²) in [6, 6.07) is 1.80. The molecule has 0 unspecified atom stereocenters. The normalized spacial score (nSPS) is 14.2. The Morgan fingerprint density at radius 3 is 2.96 bits per heavy atom. The predicted molar refractivity (Wildman–Crippen MR) is 94.2 cm³/mol. The molecule has 0 aromatic carbocycles. The van der Waals surface area contributed by atoms with E-state index >= 15 is 0 Å². The van der Waals surface area contributed by atoms with Crippen molar-refractivity contribution in [2.24, 2.45) is 5.16 Å². The topological polar surface area (TPSA) is 121 Å².